The monoisotopic (exact) mass is 550 g/mol. The zero-order valence-corrected chi connectivity index (χ0v) is 27.6. The van der Waals surface area contributed by atoms with E-state index in [1.165, 1.54) is 11.1 Å². The Hall–Kier alpha value is 0.574. The number of allylic oxidation sites excluding steroid dienone is 1. The van der Waals surface area contributed by atoms with E-state index in [9.17, 15) is 4.80 Å². The smallest absolute Gasteiger partial charge is 0.192 e. The first kappa shape index (κ1) is 32.6. The van der Waals surface area contributed by atoms with Crippen molar-refractivity contribution >= 4 is 34.9 Å². The Morgan fingerprint density at radius 3 is 2.26 bits per heavy atom. The van der Waals surface area contributed by atoms with Crippen LogP contribution in [0.5, 0.6) is 0 Å². The van der Waals surface area contributed by atoms with Gasteiger partial charge < -0.3 is 23.0 Å². The Morgan fingerprint density at radius 1 is 1.09 bits per heavy atom. The van der Waals surface area contributed by atoms with Gasteiger partial charge in [-0.3, -0.25) is 0 Å². The van der Waals surface area contributed by atoms with Crippen molar-refractivity contribution in [1.29, 1.82) is 0 Å². The molecule has 1 rings (SSSR count). The van der Waals surface area contributed by atoms with Gasteiger partial charge in [0, 0.05) is 31.5 Å². The van der Waals surface area contributed by atoms with Gasteiger partial charge >= 0.3 is 0 Å². The molecule has 1 aliphatic rings. The topological polar surface area (TPSA) is 57.2 Å². The third-order valence-electron chi connectivity index (χ3n) is 7.86. The van der Waals surface area contributed by atoms with E-state index in [2.05, 4.69) is 82.4 Å². The normalized spacial score (nSPS) is 23.5. The van der Waals surface area contributed by atoms with Crippen molar-refractivity contribution in [2.75, 3.05) is 26.7 Å². The Bertz CT molecular complexity index is 640. The molecule has 1 N–H and O–H groups in total. The molecule has 1 saturated carbocycles. The lowest BCUT2D eigenvalue weighted by molar-refractivity contribution is -0.0286. The van der Waals surface area contributed by atoms with Crippen molar-refractivity contribution in [1.82, 2.24) is 0 Å². The van der Waals surface area contributed by atoms with Gasteiger partial charge in [-0.2, -0.15) is 0 Å². The van der Waals surface area contributed by atoms with Crippen LogP contribution in [0, 0.1) is 5.92 Å². The third kappa shape index (κ3) is 10.1. The van der Waals surface area contributed by atoms with Gasteiger partial charge in [0.15, 0.2) is 16.6 Å². The van der Waals surface area contributed by atoms with E-state index in [1.807, 2.05) is 0 Å². The minimum Gasteiger partial charge on any atom is -0.432 e. The summed E-state index contributed by atoms with van der Waals surface area (Å²) in [5, 5.41) is 0.0443. The van der Waals surface area contributed by atoms with Crippen LogP contribution in [0.1, 0.15) is 60.3 Å². The minimum atomic E-state index is -2.34. The van der Waals surface area contributed by atoms with Crippen molar-refractivity contribution in [3.05, 3.63) is 23.3 Å². The summed E-state index contributed by atoms with van der Waals surface area (Å²) in [5.41, 5.74) is 2.86. The fourth-order valence-corrected chi connectivity index (χ4v) is 6.77. The van der Waals surface area contributed by atoms with E-state index >= 15 is 0 Å². The molecule has 0 aromatic carbocycles. The van der Waals surface area contributed by atoms with Crippen LogP contribution in [0.15, 0.2) is 23.3 Å². The highest BCUT2D eigenvalue weighted by Gasteiger charge is 2.45. The molecule has 1 aliphatic carbocycles. The summed E-state index contributed by atoms with van der Waals surface area (Å²) in [6.07, 6.45) is 9.51. The van der Waals surface area contributed by atoms with Crippen LogP contribution in [-0.2, 0) is 18.2 Å². The van der Waals surface area contributed by atoms with Gasteiger partial charge in [0.1, 0.15) is 6.79 Å². The van der Waals surface area contributed by atoms with Crippen molar-refractivity contribution in [3.8, 4) is 0 Å². The molecule has 200 valence electrons. The van der Waals surface area contributed by atoms with E-state index < -0.39 is 16.6 Å². The molecule has 0 radical (unpaired) electrons. The molecule has 0 bridgehead atoms. The van der Waals surface area contributed by atoms with E-state index in [1.54, 1.807) is 7.11 Å². The summed E-state index contributed by atoms with van der Waals surface area (Å²) >= 11 is 0. The highest BCUT2D eigenvalue weighted by atomic mass is 31.1. The maximum absolute atomic E-state index is 11.1. The van der Waals surface area contributed by atoms with Gasteiger partial charge in [-0.1, -0.05) is 52.3 Å². The molecule has 34 heavy (non-hydrogen) atoms. The largest absolute Gasteiger partial charge is 0.432 e. The molecule has 0 aliphatic heterocycles. The molecule has 9 heteroatoms. The van der Waals surface area contributed by atoms with Gasteiger partial charge in [0.25, 0.3) is 0 Å². The molecule has 0 aromatic rings. The zero-order chi connectivity index (χ0) is 26.2. The second kappa shape index (κ2) is 13.9. The van der Waals surface area contributed by atoms with Gasteiger partial charge in [-0.15, -0.1) is 0 Å². The van der Waals surface area contributed by atoms with Crippen LogP contribution in [0.4, 0.5) is 0 Å². The number of methoxy groups -OCH3 is 1. The Balaban J connectivity index is 3.37. The van der Waals surface area contributed by atoms with E-state index in [4.69, 9.17) is 18.2 Å². The standard InChI is InChI=1S/C25H52O5P2Si2/c1-24(2,3)34(9,10)29-23-17-20(13-15-32-30-31)16-21(18-25(4,5)33(7,8)26)22(23)12-11-14-28-19-27-6/h12-13,21,23,26,32H,11,14-19,31H2,1-10H3/b20-13+,22-12-/t21-,23+/m0/s1. The molecular formula is C25H52O5P2Si2. The van der Waals surface area contributed by atoms with Crippen LogP contribution in [0.25, 0.3) is 0 Å². The number of hydrogen-bond donors (Lipinski definition) is 1. The highest BCUT2D eigenvalue weighted by molar-refractivity contribution is 7.39. The summed E-state index contributed by atoms with van der Waals surface area (Å²) in [6.45, 7) is 21.2. The molecule has 0 spiro atoms. The second-order valence-electron chi connectivity index (χ2n) is 12.3. The van der Waals surface area contributed by atoms with Gasteiger partial charge in [-0.25, -0.2) is 0 Å². The average Bonchev–Trinajstić information content (AvgIpc) is 2.67. The van der Waals surface area contributed by atoms with Crippen LogP contribution >= 0.6 is 18.3 Å². The molecule has 1 fully saturated rings. The summed E-state index contributed by atoms with van der Waals surface area (Å²) < 4.78 is 23.0. The van der Waals surface area contributed by atoms with Crippen LogP contribution in [0.3, 0.4) is 0 Å². The van der Waals surface area contributed by atoms with Crippen molar-refractivity contribution in [2.45, 2.75) is 103 Å². The summed E-state index contributed by atoms with van der Waals surface area (Å²) in [6, 6.07) is 0. The Morgan fingerprint density at radius 2 is 1.74 bits per heavy atom. The average molecular weight is 551 g/mol. The van der Waals surface area contributed by atoms with Crippen LogP contribution in [-0.4, -0.2) is 54.2 Å². The molecular weight excluding hydrogens is 498 g/mol. The summed E-state index contributed by atoms with van der Waals surface area (Å²) in [4.78, 5) is 11.1. The first-order chi connectivity index (χ1) is 15.6. The minimum absolute atomic E-state index is 0.0767. The Labute approximate surface area is 216 Å². The molecule has 4 atom stereocenters. The molecule has 5 nitrogen and oxygen atoms in total. The third-order valence-corrected chi connectivity index (χ3v) is 16.9. The number of rotatable bonds is 13. The SMILES string of the molecule is COCOCC/C=C1/[C@H](CC(C)(C)[Si](C)(C)O)C/C(=C\CPOP)C[C@H]1O[Si](C)(C)C(C)(C)C. The maximum Gasteiger partial charge on any atom is 0.192 e. The van der Waals surface area contributed by atoms with Crippen LogP contribution < -0.4 is 0 Å². The fourth-order valence-electron chi connectivity index (χ4n) is 3.98. The lowest BCUT2D eigenvalue weighted by Gasteiger charge is -2.46. The Kier molecular flexibility index (Phi) is 13.4. The zero-order valence-electron chi connectivity index (χ0n) is 23.4. The predicted molar refractivity (Wildman–Crippen MR) is 156 cm³/mol. The maximum atomic E-state index is 11.1. The van der Waals surface area contributed by atoms with Crippen molar-refractivity contribution in [3.63, 3.8) is 0 Å². The first-order valence-electron chi connectivity index (χ1n) is 12.5. The molecule has 2 unspecified atom stereocenters. The van der Waals surface area contributed by atoms with E-state index in [0.29, 0.717) is 28.1 Å². The quantitative estimate of drug-likeness (QED) is 0.0850. The molecule has 0 amide bonds. The molecule has 0 aromatic heterocycles. The molecule has 0 saturated heterocycles. The fraction of sp³-hybridized carbons (Fsp3) is 0.840. The second-order valence-corrected chi connectivity index (χ2v) is 23.1. The van der Waals surface area contributed by atoms with Gasteiger partial charge in [0.05, 0.1) is 12.7 Å². The lowest BCUT2D eigenvalue weighted by atomic mass is 9.75. The van der Waals surface area contributed by atoms with Crippen molar-refractivity contribution in [2.24, 2.45) is 5.92 Å². The highest BCUT2D eigenvalue weighted by Crippen LogP contribution is 2.49. The van der Waals surface area contributed by atoms with Crippen LogP contribution in [0.2, 0.25) is 36.3 Å². The van der Waals surface area contributed by atoms with E-state index in [0.717, 1.165) is 31.8 Å². The summed E-state index contributed by atoms with van der Waals surface area (Å²) in [5.74, 6) is 0.353. The van der Waals surface area contributed by atoms with Gasteiger partial charge in [-0.05, 0) is 73.4 Å². The first-order valence-corrected chi connectivity index (χ1v) is 19.9. The number of hydrogen-bond acceptors (Lipinski definition) is 5. The number of ether oxygens (including phenoxy) is 2. The predicted octanol–water partition coefficient (Wildman–Crippen LogP) is 7.42. The van der Waals surface area contributed by atoms with E-state index in [-0.39, 0.29) is 16.2 Å². The summed E-state index contributed by atoms with van der Waals surface area (Å²) in [7, 11) is 0.150. The van der Waals surface area contributed by atoms with Crippen molar-refractivity contribution < 1.29 is 23.0 Å². The van der Waals surface area contributed by atoms with Gasteiger partial charge in [0.2, 0.25) is 0 Å². The molecule has 0 heterocycles. The lowest BCUT2D eigenvalue weighted by Crippen LogP contribution is -2.47.